The first kappa shape index (κ1) is 26.7. The van der Waals surface area contributed by atoms with E-state index in [0.717, 1.165) is 36.6 Å². The highest BCUT2D eigenvalue weighted by atomic mass is 35.5. The molecule has 0 bridgehead atoms. The maximum atomic E-state index is 13.6. The van der Waals surface area contributed by atoms with Crippen molar-refractivity contribution in [1.82, 2.24) is 14.9 Å². The number of nitrogens with zero attached hydrogens (tertiary/aromatic N) is 3. The van der Waals surface area contributed by atoms with Crippen LogP contribution < -0.4 is 14.8 Å². The van der Waals surface area contributed by atoms with Crippen LogP contribution in [0.5, 0.6) is 11.5 Å². The second-order valence-corrected chi connectivity index (χ2v) is 10.2. The molecule has 0 spiro atoms. The molecular weight excluding hydrogens is 519 g/mol. The molecule has 39 heavy (non-hydrogen) atoms. The van der Waals surface area contributed by atoms with E-state index in [9.17, 15) is 9.18 Å². The minimum atomic E-state index is -0.490. The van der Waals surface area contributed by atoms with Gasteiger partial charge in [0.1, 0.15) is 18.0 Å². The molecule has 5 rings (SSSR count). The molecule has 1 saturated carbocycles. The first-order valence-corrected chi connectivity index (χ1v) is 13.3. The average molecular weight is 549 g/mol. The lowest BCUT2D eigenvalue weighted by molar-refractivity contribution is 0.0606. The number of ether oxygens (including phenoxy) is 2. The molecule has 3 aromatic carbocycles. The van der Waals surface area contributed by atoms with E-state index in [0.29, 0.717) is 34.1 Å². The van der Waals surface area contributed by atoms with Gasteiger partial charge in [0.15, 0.2) is 11.5 Å². The minimum absolute atomic E-state index is 0.0193. The summed E-state index contributed by atoms with van der Waals surface area (Å²) in [7, 11) is 3.47. The highest BCUT2D eigenvalue weighted by molar-refractivity contribution is 6.31. The van der Waals surface area contributed by atoms with Gasteiger partial charge < -0.3 is 19.7 Å². The number of benzene rings is 3. The van der Waals surface area contributed by atoms with Crippen LogP contribution >= 0.6 is 11.6 Å². The van der Waals surface area contributed by atoms with Crippen LogP contribution in [0.3, 0.4) is 0 Å². The number of halogens is 2. The number of nitrogens with one attached hydrogen (secondary N) is 1. The van der Waals surface area contributed by atoms with E-state index in [2.05, 4.69) is 15.3 Å². The summed E-state index contributed by atoms with van der Waals surface area (Å²) in [5, 5.41) is 3.94. The normalized spacial score (nSPS) is 17.1. The first-order valence-electron chi connectivity index (χ1n) is 12.9. The zero-order valence-electron chi connectivity index (χ0n) is 22.1. The number of rotatable bonds is 7. The Morgan fingerprint density at radius 1 is 1.03 bits per heavy atom. The number of carbonyl (C=O) groups is 1. The third-order valence-corrected chi connectivity index (χ3v) is 7.50. The van der Waals surface area contributed by atoms with Crippen LogP contribution in [0.4, 0.5) is 15.9 Å². The van der Waals surface area contributed by atoms with Crippen molar-refractivity contribution in [2.24, 2.45) is 0 Å². The van der Waals surface area contributed by atoms with Crippen LogP contribution in [-0.2, 0) is 0 Å². The standard InChI is InChI=1S/C30H30ClFN4O3/c1-18-4-6-19(7-5-18)30(37)36(2)21-9-11-22(12-10-21)39-28-15-23-26(16-27(28)38-3)33-17-34-29(23)35-20-8-13-25(32)24(31)14-20/h4-8,13-17,21-22H,9-12H2,1-3H3,(H,33,34,35). The Morgan fingerprint density at radius 3 is 2.46 bits per heavy atom. The molecule has 1 fully saturated rings. The van der Waals surface area contributed by atoms with Gasteiger partial charge in [-0.1, -0.05) is 29.3 Å². The molecule has 0 aliphatic heterocycles. The van der Waals surface area contributed by atoms with Crippen LogP contribution in [0.25, 0.3) is 10.9 Å². The molecule has 4 aromatic rings. The lowest BCUT2D eigenvalue weighted by atomic mass is 9.91. The lowest BCUT2D eigenvalue weighted by Gasteiger charge is -2.35. The van der Waals surface area contributed by atoms with Crippen molar-refractivity contribution >= 4 is 39.9 Å². The second kappa shape index (κ2) is 11.5. The predicted octanol–water partition coefficient (Wildman–Crippen LogP) is 6.95. The fraction of sp³-hybridized carbons (Fsp3) is 0.300. The van der Waals surface area contributed by atoms with Crippen molar-refractivity contribution in [2.75, 3.05) is 19.5 Å². The van der Waals surface area contributed by atoms with Crippen LogP contribution in [0, 0.1) is 12.7 Å². The summed E-state index contributed by atoms with van der Waals surface area (Å²) >= 11 is 5.95. The van der Waals surface area contributed by atoms with Gasteiger partial charge in [0.05, 0.1) is 23.8 Å². The molecule has 1 amide bonds. The molecule has 0 atom stereocenters. The van der Waals surface area contributed by atoms with E-state index in [-0.39, 0.29) is 23.1 Å². The molecule has 1 N–H and O–H groups in total. The van der Waals surface area contributed by atoms with Crippen molar-refractivity contribution in [3.05, 3.63) is 82.9 Å². The number of aryl methyl sites for hydroxylation is 1. The van der Waals surface area contributed by atoms with Crippen molar-refractivity contribution in [3.63, 3.8) is 0 Å². The van der Waals surface area contributed by atoms with Crippen molar-refractivity contribution in [3.8, 4) is 11.5 Å². The van der Waals surface area contributed by atoms with E-state index < -0.39 is 5.82 Å². The van der Waals surface area contributed by atoms with Gasteiger partial charge in [-0.3, -0.25) is 4.79 Å². The zero-order valence-corrected chi connectivity index (χ0v) is 22.8. The maximum absolute atomic E-state index is 13.6. The topological polar surface area (TPSA) is 76.6 Å². The molecule has 0 radical (unpaired) electrons. The molecule has 9 heteroatoms. The van der Waals surface area contributed by atoms with E-state index in [4.69, 9.17) is 21.1 Å². The van der Waals surface area contributed by atoms with E-state index in [1.54, 1.807) is 13.2 Å². The number of hydrogen-bond acceptors (Lipinski definition) is 6. The summed E-state index contributed by atoms with van der Waals surface area (Å²) in [5.74, 6) is 1.25. The van der Waals surface area contributed by atoms with Crippen molar-refractivity contribution < 1.29 is 18.7 Å². The largest absolute Gasteiger partial charge is 0.493 e. The molecule has 0 unspecified atom stereocenters. The molecule has 7 nitrogen and oxygen atoms in total. The molecular formula is C30H30ClFN4O3. The molecule has 1 aliphatic carbocycles. The molecule has 1 aliphatic rings. The van der Waals surface area contributed by atoms with Gasteiger partial charge in [-0.25, -0.2) is 14.4 Å². The number of methoxy groups -OCH3 is 1. The number of aromatic nitrogens is 2. The van der Waals surface area contributed by atoms with Crippen LogP contribution in [0.15, 0.2) is 60.9 Å². The fourth-order valence-corrected chi connectivity index (χ4v) is 5.10. The van der Waals surface area contributed by atoms with Gasteiger partial charge in [0, 0.05) is 35.8 Å². The number of anilines is 2. The van der Waals surface area contributed by atoms with Crippen molar-refractivity contribution in [1.29, 1.82) is 0 Å². The van der Waals surface area contributed by atoms with Gasteiger partial charge in [0.25, 0.3) is 5.91 Å². The fourth-order valence-electron chi connectivity index (χ4n) is 4.92. The van der Waals surface area contributed by atoms with Gasteiger partial charge in [-0.05, 0) is 69.0 Å². The Kier molecular flexibility index (Phi) is 7.84. The van der Waals surface area contributed by atoms with Crippen molar-refractivity contribution in [2.45, 2.75) is 44.8 Å². The van der Waals surface area contributed by atoms with Gasteiger partial charge in [-0.15, -0.1) is 0 Å². The third kappa shape index (κ3) is 5.91. The number of fused-ring (bicyclic) bond motifs is 1. The van der Waals surface area contributed by atoms with Crippen LogP contribution in [0.2, 0.25) is 5.02 Å². The summed E-state index contributed by atoms with van der Waals surface area (Å²) in [4.78, 5) is 23.6. The number of carbonyl (C=O) groups excluding carboxylic acids is 1. The lowest BCUT2D eigenvalue weighted by Crippen LogP contribution is -2.41. The quantitative estimate of drug-likeness (QED) is 0.269. The summed E-state index contributed by atoms with van der Waals surface area (Å²) in [6.45, 7) is 2.01. The summed E-state index contributed by atoms with van der Waals surface area (Å²) < 4.78 is 25.7. The minimum Gasteiger partial charge on any atom is -0.493 e. The van der Waals surface area contributed by atoms with Gasteiger partial charge >= 0.3 is 0 Å². The molecule has 1 heterocycles. The smallest absolute Gasteiger partial charge is 0.253 e. The summed E-state index contributed by atoms with van der Waals surface area (Å²) in [6, 6.07) is 15.9. The Balaban J connectivity index is 1.30. The average Bonchev–Trinajstić information content (AvgIpc) is 2.95. The van der Waals surface area contributed by atoms with E-state index in [1.807, 2.05) is 55.3 Å². The first-order chi connectivity index (χ1) is 18.8. The monoisotopic (exact) mass is 548 g/mol. The number of amides is 1. The summed E-state index contributed by atoms with van der Waals surface area (Å²) in [5.41, 5.74) is 3.11. The Bertz CT molecular complexity index is 1490. The molecule has 202 valence electrons. The number of hydrogen-bond donors (Lipinski definition) is 1. The zero-order chi connectivity index (χ0) is 27.5. The van der Waals surface area contributed by atoms with E-state index >= 15 is 0 Å². The Hall–Kier alpha value is -3.91. The van der Waals surface area contributed by atoms with Gasteiger partial charge in [-0.2, -0.15) is 0 Å². The molecule has 1 aromatic heterocycles. The highest BCUT2D eigenvalue weighted by Crippen LogP contribution is 2.37. The third-order valence-electron chi connectivity index (χ3n) is 7.21. The van der Waals surface area contributed by atoms with Crippen LogP contribution in [0.1, 0.15) is 41.6 Å². The predicted molar refractivity (Wildman–Crippen MR) is 151 cm³/mol. The van der Waals surface area contributed by atoms with Crippen LogP contribution in [-0.4, -0.2) is 47.1 Å². The highest BCUT2D eigenvalue weighted by Gasteiger charge is 2.28. The molecule has 0 saturated heterocycles. The maximum Gasteiger partial charge on any atom is 0.253 e. The second-order valence-electron chi connectivity index (χ2n) is 9.83. The van der Waals surface area contributed by atoms with Gasteiger partial charge in [0.2, 0.25) is 0 Å². The Morgan fingerprint density at radius 2 is 1.77 bits per heavy atom. The summed E-state index contributed by atoms with van der Waals surface area (Å²) in [6.07, 6.45) is 4.73. The Labute approximate surface area is 231 Å². The van der Waals surface area contributed by atoms with E-state index in [1.165, 1.54) is 18.5 Å². The SMILES string of the molecule is COc1cc2ncnc(Nc3ccc(F)c(Cl)c3)c2cc1OC1CCC(N(C)C(=O)c2ccc(C)cc2)CC1.